The summed E-state index contributed by atoms with van der Waals surface area (Å²) in [5.74, 6) is 0.964. The summed E-state index contributed by atoms with van der Waals surface area (Å²) in [5.41, 5.74) is 1.81. The molecule has 1 atom stereocenters. The minimum absolute atomic E-state index is 0.00590. The normalized spacial score (nSPS) is 14.9. The van der Waals surface area contributed by atoms with Crippen LogP contribution in [0.2, 0.25) is 0 Å². The highest BCUT2D eigenvalue weighted by atomic mass is 16.5. The molecule has 1 fully saturated rings. The number of tetrazole rings is 1. The molecule has 10 nitrogen and oxygen atoms in total. The predicted molar refractivity (Wildman–Crippen MR) is 127 cm³/mol. The smallest absolute Gasteiger partial charge is 0.250 e. The molecule has 1 aliphatic rings. The lowest BCUT2D eigenvalue weighted by atomic mass is 10.0. The standard InChI is InChI=1S/C24H29N7O3/c1-17(32)25-22(16-18-7-6-10-21(15-18)34-2)23(33)26-19-11-13-30(14-12-19)24-27-28-29-31(24)20-8-4-3-5-9-20/h3-10,15,19,22H,11-14,16H2,1-2H3,(H,25,32)(H,26,33)/t22-/m1/s1. The van der Waals surface area contributed by atoms with Crippen LogP contribution in [0.25, 0.3) is 5.69 Å². The molecule has 4 rings (SSSR count). The number of rotatable bonds is 8. The average Bonchev–Trinajstić information content (AvgIpc) is 3.34. The van der Waals surface area contributed by atoms with E-state index in [0.29, 0.717) is 31.2 Å². The monoisotopic (exact) mass is 463 g/mol. The average molecular weight is 464 g/mol. The third-order valence-electron chi connectivity index (χ3n) is 5.85. The maximum Gasteiger partial charge on any atom is 0.250 e. The van der Waals surface area contributed by atoms with Crippen molar-refractivity contribution >= 4 is 17.8 Å². The van der Waals surface area contributed by atoms with E-state index in [1.165, 1.54) is 6.92 Å². The molecular weight excluding hydrogens is 434 g/mol. The van der Waals surface area contributed by atoms with Crippen molar-refractivity contribution in [3.63, 3.8) is 0 Å². The number of nitrogens with zero attached hydrogens (tertiary/aromatic N) is 5. The summed E-state index contributed by atoms with van der Waals surface area (Å²) >= 11 is 0. The highest BCUT2D eigenvalue weighted by molar-refractivity contribution is 5.87. The van der Waals surface area contributed by atoms with Crippen LogP contribution in [-0.2, 0) is 16.0 Å². The van der Waals surface area contributed by atoms with Crippen LogP contribution in [0.5, 0.6) is 5.75 Å². The number of anilines is 1. The number of carbonyl (C=O) groups excluding carboxylic acids is 2. The van der Waals surface area contributed by atoms with E-state index >= 15 is 0 Å². The van der Waals surface area contributed by atoms with Gasteiger partial charge in [-0.1, -0.05) is 35.4 Å². The molecule has 3 aromatic rings. The number of aromatic nitrogens is 4. The minimum atomic E-state index is -0.659. The van der Waals surface area contributed by atoms with Crippen LogP contribution in [0, 0.1) is 0 Å². The number of para-hydroxylation sites is 1. The predicted octanol–water partition coefficient (Wildman–Crippen LogP) is 1.50. The summed E-state index contributed by atoms with van der Waals surface area (Å²) in [7, 11) is 1.60. The second-order valence-electron chi connectivity index (χ2n) is 8.30. The van der Waals surface area contributed by atoms with Crippen LogP contribution in [0.3, 0.4) is 0 Å². The van der Waals surface area contributed by atoms with Crippen molar-refractivity contribution < 1.29 is 14.3 Å². The van der Waals surface area contributed by atoms with Crippen LogP contribution < -0.4 is 20.3 Å². The van der Waals surface area contributed by atoms with E-state index < -0.39 is 6.04 Å². The molecule has 34 heavy (non-hydrogen) atoms. The largest absolute Gasteiger partial charge is 0.497 e. The van der Waals surface area contributed by atoms with Gasteiger partial charge in [-0.2, -0.15) is 4.68 Å². The van der Waals surface area contributed by atoms with Gasteiger partial charge in [0.15, 0.2) is 0 Å². The quantitative estimate of drug-likeness (QED) is 0.520. The zero-order chi connectivity index (χ0) is 23.9. The van der Waals surface area contributed by atoms with E-state index in [1.807, 2.05) is 54.6 Å². The van der Waals surface area contributed by atoms with Crippen molar-refractivity contribution in [2.24, 2.45) is 0 Å². The van der Waals surface area contributed by atoms with E-state index in [0.717, 1.165) is 24.1 Å². The Balaban J connectivity index is 1.36. The van der Waals surface area contributed by atoms with Gasteiger partial charge in [0.2, 0.25) is 17.8 Å². The lowest BCUT2D eigenvalue weighted by Crippen LogP contribution is -2.52. The van der Waals surface area contributed by atoms with Gasteiger partial charge in [0.05, 0.1) is 12.8 Å². The molecular formula is C24H29N7O3. The fraction of sp³-hybridized carbons (Fsp3) is 0.375. The van der Waals surface area contributed by atoms with Gasteiger partial charge in [-0.15, -0.1) is 0 Å². The Hall–Kier alpha value is -3.95. The maximum absolute atomic E-state index is 13.0. The van der Waals surface area contributed by atoms with Gasteiger partial charge < -0.3 is 20.3 Å². The number of piperidine rings is 1. The maximum atomic E-state index is 13.0. The van der Waals surface area contributed by atoms with Crippen molar-refractivity contribution in [3.05, 3.63) is 60.2 Å². The van der Waals surface area contributed by atoms with E-state index in [4.69, 9.17) is 4.74 Å². The summed E-state index contributed by atoms with van der Waals surface area (Å²) in [6, 6.07) is 16.6. The lowest BCUT2D eigenvalue weighted by molar-refractivity contribution is -0.128. The van der Waals surface area contributed by atoms with Crippen LogP contribution in [0.4, 0.5) is 5.95 Å². The summed E-state index contributed by atoms with van der Waals surface area (Å²) in [5, 5.41) is 18.1. The first-order chi connectivity index (χ1) is 16.5. The number of methoxy groups -OCH3 is 1. The van der Waals surface area contributed by atoms with Crippen molar-refractivity contribution in [1.29, 1.82) is 0 Å². The number of benzene rings is 2. The molecule has 10 heteroatoms. The van der Waals surface area contributed by atoms with Crippen LogP contribution in [0.1, 0.15) is 25.3 Å². The summed E-state index contributed by atoms with van der Waals surface area (Å²) in [6.45, 7) is 2.83. The van der Waals surface area contributed by atoms with E-state index in [9.17, 15) is 9.59 Å². The molecule has 178 valence electrons. The van der Waals surface area contributed by atoms with E-state index in [-0.39, 0.29) is 17.9 Å². The van der Waals surface area contributed by atoms with Gasteiger partial charge in [0, 0.05) is 32.5 Å². The Morgan fingerprint density at radius 2 is 1.88 bits per heavy atom. The Kier molecular flexibility index (Phi) is 7.36. The number of amides is 2. The van der Waals surface area contributed by atoms with Crippen LogP contribution in [-0.4, -0.2) is 64.3 Å². The van der Waals surface area contributed by atoms with Crippen LogP contribution in [0.15, 0.2) is 54.6 Å². The van der Waals surface area contributed by atoms with Crippen LogP contribution >= 0.6 is 0 Å². The minimum Gasteiger partial charge on any atom is -0.497 e. The number of carbonyl (C=O) groups is 2. The van der Waals surface area contributed by atoms with Gasteiger partial charge in [-0.25, -0.2) is 0 Å². The number of hydrogen-bond acceptors (Lipinski definition) is 7. The first-order valence-corrected chi connectivity index (χ1v) is 11.3. The molecule has 2 N–H and O–H groups in total. The Morgan fingerprint density at radius 3 is 2.59 bits per heavy atom. The molecule has 0 saturated carbocycles. The number of hydrogen-bond donors (Lipinski definition) is 2. The fourth-order valence-electron chi connectivity index (χ4n) is 4.13. The van der Waals surface area contributed by atoms with Gasteiger partial charge in [-0.05, 0) is 53.1 Å². The Morgan fingerprint density at radius 1 is 1.12 bits per heavy atom. The molecule has 2 aromatic carbocycles. The molecule has 0 spiro atoms. The van der Waals surface area contributed by atoms with Crippen molar-refractivity contribution in [1.82, 2.24) is 30.8 Å². The van der Waals surface area contributed by atoms with Crippen molar-refractivity contribution in [2.45, 2.75) is 38.3 Å². The number of nitrogens with one attached hydrogen (secondary N) is 2. The molecule has 0 unspecified atom stereocenters. The van der Waals surface area contributed by atoms with Gasteiger partial charge >= 0.3 is 0 Å². The Labute approximate surface area is 198 Å². The second-order valence-corrected chi connectivity index (χ2v) is 8.30. The molecule has 0 bridgehead atoms. The zero-order valence-corrected chi connectivity index (χ0v) is 19.3. The summed E-state index contributed by atoms with van der Waals surface area (Å²) in [4.78, 5) is 26.9. The summed E-state index contributed by atoms with van der Waals surface area (Å²) in [6.07, 6.45) is 1.88. The van der Waals surface area contributed by atoms with Crippen molar-refractivity contribution in [2.75, 3.05) is 25.1 Å². The first-order valence-electron chi connectivity index (χ1n) is 11.3. The van der Waals surface area contributed by atoms with E-state index in [1.54, 1.807) is 11.8 Å². The van der Waals surface area contributed by atoms with Gasteiger partial charge in [0.25, 0.3) is 0 Å². The van der Waals surface area contributed by atoms with Gasteiger partial charge in [0.1, 0.15) is 11.8 Å². The zero-order valence-electron chi connectivity index (χ0n) is 19.3. The molecule has 2 heterocycles. The SMILES string of the molecule is COc1cccc(C[C@@H](NC(C)=O)C(=O)NC2CCN(c3nnnn3-c3ccccc3)CC2)c1. The Bertz CT molecular complexity index is 1110. The third-order valence-corrected chi connectivity index (χ3v) is 5.85. The van der Waals surface area contributed by atoms with Gasteiger partial charge in [-0.3, -0.25) is 9.59 Å². The molecule has 0 radical (unpaired) electrons. The highest BCUT2D eigenvalue weighted by Gasteiger charge is 2.27. The summed E-state index contributed by atoms with van der Waals surface area (Å²) < 4.78 is 6.99. The molecule has 1 saturated heterocycles. The van der Waals surface area contributed by atoms with E-state index in [2.05, 4.69) is 31.1 Å². The molecule has 2 amide bonds. The topological polar surface area (TPSA) is 114 Å². The first kappa shape index (κ1) is 23.2. The second kappa shape index (κ2) is 10.8. The lowest BCUT2D eigenvalue weighted by Gasteiger charge is -2.33. The number of ether oxygens (including phenoxy) is 1. The highest BCUT2D eigenvalue weighted by Crippen LogP contribution is 2.20. The fourth-order valence-corrected chi connectivity index (χ4v) is 4.13. The molecule has 1 aliphatic heterocycles. The molecule has 1 aromatic heterocycles. The van der Waals surface area contributed by atoms with Crippen molar-refractivity contribution in [3.8, 4) is 11.4 Å². The third kappa shape index (κ3) is 5.69. The molecule has 0 aliphatic carbocycles.